The lowest BCUT2D eigenvalue weighted by molar-refractivity contribution is 0.736. The normalized spacial score (nSPS) is 13.4. The van der Waals surface area contributed by atoms with Gasteiger partial charge in [0, 0.05) is 24.8 Å². The average molecular weight is 189 g/mol. The number of aromatic nitrogens is 3. The number of aryl methyl sites for hydroxylation is 1. The molecule has 0 amide bonds. The van der Waals surface area contributed by atoms with Crippen molar-refractivity contribution in [1.82, 2.24) is 14.8 Å². The molecule has 0 fully saturated rings. The highest BCUT2D eigenvalue weighted by molar-refractivity contribution is 5.81. The predicted octanol–water partition coefficient (Wildman–Crippen LogP) is 2.48. The van der Waals surface area contributed by atoms with Crippen molar-refractivity contribution >= 4 is 10.9 Å². The smallest absolute Gasteiger partial charge is 0.111 e. The first kappa shape index (κ1) is 9.19. The molecule has 2 aromatic rings. The topological polar surface area (TPSA) is 30.7 Å². The van der Waals surface area contributed by atoms with E-state index in [1.54, 1.807) is 0 Å². The summed E-state index contributed by atoms with van der Waals surface area (Å²) in [6.45, 7) is 4.42. The Kier molecular flexibility index (Phi) is 2.23. The summed E-state index contributed by atoms with van der Waals surface area (Å²) in [5.41, 5.74) is 2.29. The van der Waals surface area contributed by atoms with Crippen LogP contribution in [0, 0.1) is 0 Å². The van der Waals surface area contributed by atoms with Crippen molar-refractivity contribution in [2.75, 3.05) is 0 Å². The Hall–Kier alpha value is -1.38. The van der Waals surface area contributed by atoms with E-state index in [1.165, 1.54) is 10.9 Å². The quantitative estimate of drug-likeness (QED) is 0.726. The number of rotatable bonds is 2. The Morgan fingerprint density at radius 1 is 1.43 bits per heavy atom. The van der Waals surface area contributed by atoms with Gasteiger partial charge in [0.15, 0.2) is 0 Å². The van der Waals surface area contributed by atoms with Crippen LogP contribution in [0.25, 0.3) is 10.9 Å². The van der Waals surface area contributed by atoms with Gasteiger partial charge in [-0.2, -0.15) is 5.10 Å². The molecule has 3 nitrogen and oxygen atoms in total. The van der Waals surface area contributed by atoms with Crippen LogP contribution in [0.5, 0.6) is 0 Å². The molecule has 1 atom stereocenters. The molecule has 0 aromatic carbocycles. The van der Waals surface area contributed by atoms with Gasteiger partial charge in [-0.1, -0.05) is 13.8 Å². The lowest BCUT2D eigenvalue weighted by Crippen LogP contribution is -1.92. The highest BCUT2D eigenvalue weighted by Crippen LogP contribution is 2.25. The molecule has 1 unspecified atom stereocenters. The minimum Gasteiger partial charge on any atom is -0.275 e. The van der Waals surface area contributed by atoms with Gasteiger partial charge in [-0.05, 0) is 17.9 Å². The summed E-state index contributed by atoms with van der Waals surface area (Å²) in [5, 5.41) is 5.58. The maximum Gasteiger partial charge on any atom is 0.111 e. The van der Waals surface area contributed by atoms with Crippen molar-refractivity contribution < 1.29 is 0 Å². The second-order valence-corrected chi connectivity index (χ2v) is 3.77. The third kappa shape index (κ3) is 1.39. The van der Waals surface area contributed by atoms with Gasteiger partial charge in [-0.25, -0.2) is 0 Å². The minimum atomic E-state index is 0.551. The summed E-state index contributed by atoms with van der Waals surface area (Å²) in [5.74, 6) is 0.551. The van der Waals surface area contributed by atoms with Crippen molar-refractivity contribution in [3.63, 3.8) is 0 Å². The monoisotopic (exact) mass is 189 g/mol. The molecule has 0 aliphatic heterocycles. The van der Waals surface area contributed by atoms with E-state index in [2.05, 4.69) is 30.1 Å². The Morgan fingerprint density at radius 3 is 2.93 bits per heavy atom. The van der Waals surface area contributed by atoms with E-state index >= 15 is 0 Å². The SMILES string of the molecule is CCC(C)c1cncc2nn(C)cc12. The van der Waals surface area contributed by atoms with Crippen molar-refractivity contribution in [2.45, 2.75) is 26.2 Å². The molecular weight excluding hydrogens is 174 g/mol. The molecule has 2 heterocycles. The lowest BCUT2D eigenvalue weighted by atomic mass is 9.98. The van der Waals surface area contributed by atoms with Crippen LogP contribution in [-0.2, 0) is 7.05 Å². The van der Waals surface area contributed by atoms with E-state index in [0.717, 1.165) is 11.9 Å². The number of pyridine rings is 1. The van der Waals surface area contributed by atoms with Crippen LogP contribution in [0.2, 0.25) is 0 Å². The van der Waals surface area contributed by atoms with Crippen LogP contribution in [0.1, 0.15) is 31.7 Å². The van der Waals surface area contributed by atoms with Crippen LogP contribution < -0.4 is 0 Å². The van der Waals surface area contributed by atoms with E-state index in [0.29, 0.717) is 5.92 Å². The van der Waals surface area contributed by atoms with Gasteiger partial charge < -0.3 is 0 Å². The first-order valence-electron chi connectivity index (χ1n) is 4.99. The van der Waals surface area contributed by atoms with Crippen molar-refractivity contribution in [2.24, 2.45) is 7.05 Å². The maximum atomic E-state index is 4.34. The van der Waals surface area contributed by atoms with Gasteiger partial charge in [0.2, 0.25) is 0 Å². The summed E-state index contributed by atoms with van der Waals surface area (Å²) in [6.07, 6.45) is 6.98. The molecule has 2 aromatic heterocycles. The molecule has 0 bridgehead atoms. The molecule has 14 heavy (non-hydrogen) atoms. The molecule has 0 saturated carbocycles. The standard InChI is InChI=1S/C11H15N3/c1-4-8(2)9-5-12-6-11-10(9)7-14(3)13-11/h5-8H,4H2,1-3H3. The number of hydrogen-bond donors (Lipinski definition) is 0. The zero-order valence-electron chi connectivity index (χ0n) is 8.86. The van der Waals surface area contributed by atoms with Crippen LogP contribution in [0.15, 0.2) is 18.6 Å². The number of hydrogen-bond acceptors (Lipinski definition) is 2. The van der Waals surface area contributed by atoms with Gasteiger partial charge in [0.05, 0.1) is 6.20 Å². The summed E-state index contributed by atoms with van der Waals surface area (Å²) in [6, 6.07) is 0. The van der Waals surface area contributed by atoms with Crippen LogP contribution >= 0.6 is 0 Å². The van der Waals surface area contributed by atoms with E-state index in [1.807, 2.05) is 24.1 Å². The number of nitrogens with zero attached hydrogens (tertiary/aromatic N) is 3. The third-order valence-corrected chi connectivity index (χ3v) is 2.72. The highest BCUT2D eigenvalue weighted by atomic mass is 15.2. The molecule has 0 aliphatic rings. The summed E-state index contributed by atoms with van der Waals surface area (Å²) in [4.78, 5) is 4.22. The fourth-order valence-corrected chi connectivity index (χ4v) is 1.69. The molecule has 0 saturated heterocycles. The van der Waals surface area contributed by atoms with E-state index in [9.17, 15) is 0 Å². The van der Waals surface area contributed by atoms with E-state index < -0.39 is 0 Å². The second-order valence-electron chi connectivity index (χ2n) is 3.77. The molecule has 2 rings (SSSR count). The zero-order valence-corrected chi connectivity index (χ0v) is 8.86. The molecule has 0 aliphatic carbocycles. The Labute approximate surface area is 83.8 Å². The maximum absolute atomic E-state index is 4.34. The summed E-state index contributed by atoms with van der Waals surface area (Å²) in [7, 11) is 1.94. The fourth-order valence-electron chi connectivity index (χ4n) is 1.69. The van der Waals surface area contributed by atoms with Gasteiger partial charge in [0.1, 0.15) is 5.52 Å². The molecule has 74 valence electrons. The van der Waals surface area contributed by atoms with E-state index in [4.69, 9.17) is 0 Å². The molecule has 0 radical (unpaired) electrons. The zero-order chi connectivity index (χ0) is 10.1. The number of fused-ring (bicyclic) bond motifs is 1. The highest BCUT2D eigenvalue weighted by Gasteiger charge is 2.09. The lowest BCUT2D eigenvalue weighted by Gasteiger charge is -2.08. The second kappa shape index (κ2) is 3.40. The molecule has 0 spiro atoms. The fraction of sp³-hybridized carbons (Fsp3) is 0.455. The minimum absolute atomic E-state index is 0.551. The van der Waals surface area contributed by atoms with Crippen LogP contribution in [0.4, 0.5) is 0 Å². The van der Waals surface area contributed by atoms with Gasteiger partial charge in [-0.15, -0.1) is 0 Å². The Balaban J connectivity index is 2.64. The Morgan fingerprint density at radius 2 is 2.21 bits per heavy atom. The molecule has 0 N–H and O–H groups in total. The third-order valence-electron chi connectivity index (χ3n) is 2.72. The first-order chi connectivity index (χ1) is 6.72. The molecular formula is C11H15N3. The molecule has 3 heteroatoms. The van der Waals surface area contributed by atoms with Gasteiger partial charge >= 0.3 is 0 Å². The van der Waals surface area contributed by atoms with Crippen molar-refractivity contribution in [3.05, 3.63) is 24.2 Å². The van der Waals surface area contributed by atoms with Crippen molar-refractivity contribution in [1.29, 1.82) is 0 Å². The van der Waals surface area contributed by atoms with Gasteiger partial charge in [-0.3, -0.25) is 9.67 Å². The average Bonchev–Trinajstić information content (AvgIpc) is 2.56. The van der Waals surface area contributed by atoms with Crippen LogP contribution in [-0.4, -0.2) is 14.8 Å². The van der Waals surface area contributed by atoms with Crippen molar-refractivity contribution in [3.8, 4) is 0 Å². The van der Waals surface area contributed by atoms with Crippen LogP contribution in [0.3, 0.4) is 0 Å². The van der Waals surface area contributed by atoms with E-state index in [-0.39, 0.29) is 0 Å². The Bertz CT molecular complexity index is 445. The summed E-state index contributed by atoms with van der Waals surface area (Å²) < 4.78 is 1.85. The largest absolute Gasteiger partial charge is 0.275 e. The van der Waals surface area contributed by atoms with Gasteiger partial charge in [0.25, 0.3) is 0 Å². The first-order valence-corrected chi connectivity index (χ1v) is 4.99. The summed E-state index contributed by atoms with van der Waals surface area (Å²) >= 11 is 0. The predicted molar refractivity (Wildman–Crippen MR) is 57.2 cm³/mol.